The first-order valence-corrected chi connectivity index (χ1v) is 8.43. The van der Waals surface area contributed by atoms with E-state index in [1.165, 1.54) is 24.6 Å². The van der Waals surface area contributed by atoms with E-state index in [1.54, 1.807) is 19.2 Å². The Morgan fingerprint density at radius 3 is 2.56 bits per heavy atom. The van der Waals surface area contributed by atoms with Gasteiger partial charge in [0, 0.05) is 24.4 Å². The van der Waals surface area contributed by atoms with E-state index in [9.17, 15) is 4.79 Å². The topological polar surface area (TPSA) is 100 Å². The summed E-state index contributed by atoms with van der Waals surface area (Å²) in [4.78, 5) is 15.2. The Hall–Kier alpha value is -2.60. The molecule has 1 amide bonds. The molecule has 0 saturated carbocycles. The fourth-order valence-corrected chi connectivity index (χ4v) is 2.67. The Bertz CT molecular complexity index is 715. The summed E-state index contributed by atoms with van der Waals surface area (Å²) >= 11 is 0. The number of hydrogen-bond donors (Lipinski definition) is 2. The van der Waals surface area contributed by atoms with Crippen molar-refractivity contribution < 1.29 is 14.3 Å². The van der Waals surface area contributed by atoms with Crippen LogP contribution in [0.3, 0.4) is 0 Å². The highest BCUT2D eigenvalue weighted by molar-refractivity contribution is 5.92. The maximum Gasteiger partial charge on any atom is 0.250 e. The van der Waals surface area contributed by atoms with Gasteiger partial charge in [0.15, 0.2) is 11.5 Å². The van der Waals surface area contributed by atoms with E-state index in [0.717, 1.165) is 18.4 Å². The maximum absolute atomic E-state index is 11.1. The van der Waals surface area contributed by atoms with Gasteiger partial charge in [0.25, 0.3) is 0 Å². The molecule has 6 heteroatoms. The van der Waals surface area contributed by atoms with Crippen molar-refractivity contribution in [2.75, 3.05) is 7.11 Å². The molecule has 1 aromatic carbocycles. The van der Waals surface area contributed by atoms with Crippen LogP contribution in [0.25, 0.3) is 0 Å². The molecule has 1 aromatic heterocycles. The number of aromatic nitrogens is 1. The van der Waals surface area contributed by atoms with Gasteiger partial charge >= 0.3 is 0 Å². The number of rotatable bonds is 9. The lowest BCUT2D eigenvalue weighted by atomic mass is 10.00. The third-order valence-electron chi connectivity index (χ3n) is 4.01. The molecule has 4 N–H and O–H groups in total. The monoisotopic (exact) mass is 343 g/mol. The second-order valence-corrected chi connectivity index (χ2v) is 5.75. The van der Waals surface area contributed by atoms with E-state index >= 15 is 0 Å². The van der Waals surface area contributed by atoms with Crippen LogP contribution in [0.4, 0.5) is 0 Å². The average molecular weight is 343 g/mol. The smallest absolute Gasteiger partial charge is 0.250 e. The van der Waals surface area contributed by atoms with Gasteiger partial charge in [0.1, 0.15) is 0 Å². The van der Waals surface area contributed by atoms with Crippen molar-refractivity contribution in [3.63, 3.8) is 0 Å². The van der Waals surface area contributed by atoms with Crippen molar-refractivity contribution in [3.05, 3.63) is 47.2 Å². The zero-order valence-corrected chi connectivity index (χ0v) is 14.7. The van der Waals surface area contributed by atoms with E-state index in [-0.39, 0.29) is 0 Å². The fourth-order valence-electron chi connectivity index (χ4n) is 2.67. The summed E-state index contributed by atoms with van der Waals surface area (Å²) in [5.74, 6) is 0.988. The molecule has 1 heterocycles. The first-order chi connectivity index (χ1) is 12.1. The first kappa shape index (κ1) is 18.7. The van der Waals surface area contributed by atoms with E-state index in [0.29, 0.717) is 29.5 Å². The van der Waals surface area contributed by atoms with Crippen molar-refractivity contribution in [1.29, 1.82) is 0 Å². The lowest BCUT2D eigenvalue weighted by molar-refractivity contribution is 0.1000. The minimum atomic E-state index is -0.529. The largest absolute Gasteiger partial charge is 0.492 e. The first-order valence-electron chi connectivity index (χ1n) is 8.43. The molecule has 0 saturated heterocycles. The number of amides is 1. The third kappa shape index (κ3) is 4.70. The van der Waals surface area contributed by atoms with Crippen molar-refractivity contribution in [2.45, 2.75) is 39.2 Å². The van der Waals surface area contributed by atoms with E-state index in [1.807, 2.05) is 12.1 Å². The van der Waals surface area contributed by atoms with Crippen LogP contribution in [0.1, 0.15) is 47.7 Å². The second-order valence-electron chi connectivity index (χ2n) is 5.75. The zero-order chi connectivity index (χ0) is 18.2. The number of pyridine rings is 1. The molecule has 0 aliphatic rings. The zero-order valence-electron chi connectivity index (χ0n) is 14.7. The molecule has 0 fully saturated rings. The van der Waals surface area contributed by atoms with Gasteiger partial charge in [-0.15, -0.1) is 0 Å². The molecule has 0 aliphatic heterocycles. The van der Waals surface area contributed by atoms with E-state index in [2.05, 4.69) is 11.9 Å². The number of primary amides is 1. The van der Waals surface area contributed by atoms with Crippen LogP contribution < -0.4 is 20.9 Å². The van der Waals surface area contributed by atoms with E-state index in [4.69, 9.17) is 20.9 Å². The summed E-state index contributed by atoms with van der Waals surface area (Å²) in [5, 5.41) is 0. The number of unbranched alkanes of at least 4 members (excludes halogenated alkanes) is 2. The fraction of sp³-hybridized carbons (Fsp3) is 0.368. The lowest BCUT2D eigenvalue weighted by Crippen LogP contribution is -2.11. The Morgan fingerprint density at radius 1 is 1.20 bits per heavy atom. The highest BCUT2D eigenvalue weighted by Gasteiger charge is 2.15. The third-order valence-corrected chi connectivity index (χ3v) is 4.01. The molecule has 2 aromatic rings. The summed E-state index contributed by atoms with van der Waals surface area (Å²) in [5.41, 5.74) is 13.6. The molecule has 134 valence electrons. The predicted molar refractivity (Wildman–Crippen MR) is 96.9 cm³/mol. The number of ether oxygens (including phenoxy) is 2. The maximum atomic E-state index is 11.1. The molecular weight excluding hydrogens is 318 g/mol. The SMILES string of the molecule is CCCCCc1ccc(Oc2ccc(C(N)=O)cn2)c(OC)c1CN. The summed E-state index contributed by atoms with van der Waals surface area (Å²) in [6.45, 7) is 2.55. The Kier molecular flexibility index (Phi) is 6.77. The number of carbonyl (C=O) groups excluding carboxylic acids is 1. The molecular formula is C19H25N3O3. The molecule has 0 aliphatic carbocycles. The highest BCUT2D eigenvalue weighted by atomic mass is 16.5. The molecule has 0 unspecified atom stereocenters. The number of nitrogens with two attached hydrogens (primary N) is 2. The predicted octanol–water partition coefficient (Wildman–Crippen LogP) is 3.17. The van der Waals surface area contributed by atoms with Crippen LogP contribution in [0.15, 0.2) is 30.5 Å². The summed E-state index contributed by atoms with van der Waals surface area (Å²) in [7, 11) is 1.60. The normalized spacial score (nSPS) is 10.5. The van der Waals surface area contributed by atoms with Gasteiger partial charge < -0.3 is 20.9 Å². The summed E-state index contributed by atoms with van der Waals surface area (Å²) in [6, 6.07) is 7.05. The van der Waals surface area contributed by atoms with Crippen molar-refractivity contribution in [3.8, 4) is 17.4 Å². The number of aryl methyl sites for hydroxylation is 1. The minimum absolute atomic E-state index is 0.327. The number of benzene rings is 1. The van der Waals surface area contributed by atoms with Gasteiger partial charge in [-0.05, 0) is 30.5 Å². The standard InChI is InChI=1S/C19H25N3O3/c1-3-4-5-6-13-7-9-16(18(24-2)15(13)11-20)25-17-10-8-14(12-22-17)19(21)23/h7-10,12H,3-6,11,20H2,1-2H3,(H2,21,23). The van der Waals surface area contributed by atoms with Gasteiger partial charge in [0.05, 0.1) is 12.7 Å². The molecule has 0 atom stereocenters. The van der Waals surface area contributed by atoms with Crippen LogP contribution in [-0.4, -0.2) is 18.0 Å². The Labute approximate surface area is 148 Å². The van der Waals surface area contributed by atoms with Crippen LogP contribution in [0.5, 0.6) is 17.4 Å². The van der Waals surface area contributed by atoms with Gasteiger partial charge in [-0.25, -0.2) is 4.98 Å². The quantitative estimate of drug-likeness (QED) is 0.681. The van der Waals surface area contributed by atoms with Crippen LogP contribution in [-0.2, 0) is 13.0 Å². The van der Waals surface area contributed by atoms with Crippen molar-refractivity contribution in [2.24, 2.45) is 11.5 Å². The summed E-state index contributed by atoms with van der Waals surface area (Å²) < 4.78 is 11.4. The second kappa shape index (κ2) is 9.03. The van der Waals surface area contributed by atoms with Gasteiger partial charge in [-0.2, -0.15) is 0 Å². The number of carbonyl (C=O) groups is 1. The number of nitrogens with zero attached hydrogens (tertiary/aromatic N) is 1. The molecule has 0 spiro atoms. The van der Waals surface area contributed by atoms with Crippen LogP contribution in [0.2, 0.25) is 0 Å². The molecule has 0 radical (unpaired) electrons. The van der Waals surface area contributed by atoms with Gasteiger partial charge in [-0.3, -0.25) is 4.79 Å². The van der Waals surface area contributed by atoms with Gasteiger partial charge in [0.2, 0.25) is 11.8 Å². The Balaban J connectivity index is 2.26. The van der Waals surface area contributed by atoms with Crippen LogP contribution in [0, 0.1) is 0 Å². The highest BCUT2D eigenvalue weighted by Crippen LogP contribution is 2.36. The Morgan fingerprint density at radius 2 is 2.00 bits per heavy atom. The lowest BCUT2D eigenvalue weighted by Gasteiger charge is -2.17. The summed E-state index contributed by atoms with van der Waals surface area (Å²) in [6.07, 6.45) is 5.81. The molecule has 6 nitrogen and oxygen atoms in total. The van der Waals surface area contributed by atoms with Crippen molar-refractivity contribution >= 4 is 5.91 Å². The number of hydrogen-bond acceptors (Lipinski definition) is 5. The minimum Gasteiger partial charge on any atom is -0.492 e. The number of methoxy groups -OCH3 is 1. The van der Waals surface area contributed by atoms with Crippen LogP contribution >= 0.6 is 0 Å². The van der Waals surface area contributed by atoms with Crippen molar-refractivity contribution in [1.82, 2.24) is 4.98 Å². The molecule has 2 rings (SSSR count). The van der Waals surface area contributed by atoms with E-state index < -0.39 is 5.91 Å². The average Bonchev–Trinajstić information content (AvgIpc) is 2.62. The van der Waals surface area contributed by atoms with Gasteiger partial charge in [-0.1, -0.05) is 25.8 Å². The molecule has 0 bridgehead atoms. The molecule has 25 heavy (non-hydrogen) atoms.